The molecule has 2 N–H and O–H groups in total. The molecular weight excluding hydrogens is 458 g/mol. The zero-order chi connectivity index (χ0) is 25.7. The van der Waals surface area contributed by atoms with Crippen LogP contribution in [-0.2, 0) is 24.3 Å². The fraction of sp³-hybridized carbons (Fsp3) is 0.333. The molecule has 4 rings (SSSR count). The average molecular weight is 490 g/mol. The summed E-state index contributed by atoms with van der Waals surface area (Å²) >= 11 is 0. The third kappa shape index (κ3) is 5.25. The Labute approximate surface area is 210 Å². The van der Waals surface area contributed by atoms with Gasteiger partial charge in [-0.2, -0.15) is 5.10 Å². The summed E-state index contributed by atoms with van der Waals surface area (Å²) in [5.74, 6) is -0.206. The highest BCUT2D eigenvalue weighted by atomic mass is 16.5. The Bertz CT molecular complexity index is 1240. The van der Waals surface area contributed by atoms with Crippen LogP contribution in [0.25, 0.3) is 0 Å². The Morgan fingerprint density at radius 3 is 2.47 bits per heavy atom. The van der Waals surface area contributed by atoms with Crippen molar-refractivity contribution in [3.8, 4) is 5.75 Å². The van der Waals surface area contributed by atoms with Crippen LogP contribution in [0.2, 0.25) is 0 Å². The number of carbonyl (C=O) groups excluding carboxylic acids is 3. The molecule has 0 spiro atoms. The average Bonchev–Trinajstić information content (AvgIpc) is 3.31. The Kier molecular flexibility index (Phi) is 7.38. The van der Waals surface area contributed by atoms with Crippen LogP contribution >= 0.6 is 0 Å². The third-order valence-electron chi connectivity index (χ3n) is 6.45. The number of carbonyl (C=O) groups is 3. The van der Waals surface area contributed by atoms with E-state index in [1.807, 2.05) is 61.5 Å². The number of benzene rings is 2. The van der Waals surface area contributed by atoms with E-state index >= 15 is 0 Å². The van der Waals surface area contributed by atoms with Gasteiger partial charge in [0.05, 0.1) is 13.2 Å². The predicted molar refractivity (Wildman–Crippen MR) is 135 cm³/mol. The molecule has 0 saturated carbocycles. The van der Waals surface area contributed by atoms with Gasteiger partial charge in [-0.05, 0) is 43.5 Å². The van der Waals surface area contributed by atoms with Gasteiger partial charge in [-0.15, -0.1) is 0 Å². The summed E-state index contributed by atoms with van der Waals surface area (Å²) in [6, 6.07) is 18.8. The van der Waals surface area contributed by atoms with E-state index in [0.29, 0.717) is 26.1 Å². The maximum Gasteiger partial charge on any atom is 0.272 e. The topological polar surface area (TPSA) is 106 Å². The molecule has 1 atom stereocenters. The van der Waals surface area contributed by atoms with Crippen molar-refractivity contribution < 1.29 is 19.1 Å². The van der Waals surface area contributed by atoms with Crippen LogP contribution in [0.1, 0.15) is 46.0 Å². The van der Waals surface area contributed by atoms with Gasteiger partial charge in [0.1, 0.15) is 17.0 Å². The minimum atomic E-state index is -1.15. The highest BCUT2D eigenvalue weighted by molar-refractivity contribution is 6.01. The normalized spacial score (nSPS) is 16.9. The lowest BCUT2D eigenvalue weighted by Crippen LogP contribution is -2.62. The first-order valence-corrected chi connectivity index (χ1v) is 12.0. The van der Waals surface area contributed by atoms with Gasteiger partial charge in [-0.1, -0.05) is 42.5 Å². The van der Waals surface area contributed by atoms with Gasteiger partial charge >= 0.3 is 0 Å². The number of hydrogen-bond acceptors (Lipinski definition) is 5. The highest BCUT2D eigenvalue weighted by Crippen LogP contribution is 2.26. The molecule has 2 heterocycles. The summed E-state index contributed by atoms with van der Waals surface area (Å²) in [5, 5.41) is 10.1. The van der Waals surface area contributed by atoms with E-state index in [1.165, 1.54) is 15.6 Å². The van der Waals surface area contributed by atoms with Crippen LogP contribution in [-0.4, -0.2) is 58.1 Å². The number of fused-ring (bicyclic) bond motifs is 1. The standard InChI is InChI=1S/C27H31N5O4/c1-4-36-21-12-10-19(11-13-21)14-15-28-24(33)22-16-23-25(34)31(3)27(2,18-32(23)30-22)26(35)29-17-20-8-6-5-7-9-20/h5-13,16H,4,14-15,17-18H2,1-3H3,(H,28,33)(H,29,35)/t27-/m1/s1. The van der Waals surface area contributed by atoms with E-state index in [0.717, 1.165) is 16.9 Å². The van der Waals surface area contributed by atoms with Gasteiger partial charge in [0.2, 0.25) is 5.91 Å². The smallest absolute Gasteiger partial charge is 0.272 e. The van der Waals surface area contributed by atoms with Crippen molar-refractivity contribution in [2.24, 2.45) is 0 Å². The van der Waals surface area contributed by atoms with Crippen LogP contribution in [0.15, 0.2) is 60.7 Å². The van der Waals surface area contributed by atoms with E-state index in [1.54, 1.807) is 14.0 Å². The third-order valence-corrected chi connectivity index (χ3v) is 6.45. The Morgan fingerprint density at radius 2 is 1.78 bits per heavy atom. The van der Waals surface area contributed by atoms with Gasteiger partial charge in [0.25, 0.3) is 11.8 Å². The lowest BCUT2D eigenvalue weighted by molar-refractivity contribution is -0.132. The number of nitrogens with one attached hydrogen (secondary N) is 2. The molecule has 0 aliphatic carbocycles. The lowest BCUT2D eigenvalue weighted by Gasteiger charge is -2.40. The Balaban J connectivity index is 1.38. The molecule has 0 radical (unpaired) electrons. The Hall–Kier alpha value is -4.14. The van der Waals surface area contributed by atoms with E-state index in [9.17, 15) is 14.4 Å². The SMILES string of the molecule is CCOc1ccc(CCNC(=O)c2cc3n(n2)C[C@](C)(C(=O)NCc2ccccc2)N(C)C3=O)cc1. The molecule has 0 saturated heterocycles. The zero-order valence-corrected chi connectivity index (χ0v) is 20.8. The first-order valence-electron chi connectivity index (χ1n) is 12.0. The molecule has 0 fully saturated rings. The molecule has 9 heteroatoms. The molecule has 2 aromatic carbocycles. The number of hydrogen-bond donors (Lipinski definition) is 2. The molecule has 9 nitrogen and oxygen atoms in total. The van der Waals surface area contributed by atoms with Crippen LogP contribution < -0.4 is 15.4 Å². The fourth-order valence-corrected chi connectivity index (χ4v) is 4.14. The highest BCUT2D eigenvalue weighted by Gasteiger charge is 2.46. The molecule has 1 aliphatic rings. The maximum absolute atomic E-state index is 13.1. The summed E-state index contributed by atoms with van der Waals surface area (Å²) in [6.45, 7) is 5.16. The largest absolute Gasteiger partial charge is 0.494 e. The van der Waals surface area contributed by atoms with Crippen LogP contribution in [0.4, 0.5) is 0 Å². The molecule has 3 aromatic rings. The van der Waals surface area contributed by atoms with Crippen molar-refractivity contribution >= 4 is 17.7 Å². The first kappa shape index (κ1) is 25.0. The van der Waals surface area contributed by atoms with Gasteiger partial charge in [0.15, 0.2) is 5.69 Å². The fourth-order valence-electron chi connectivity index (χ4n) is 4.14. The van der Waals surface area contributed by atoms with Crippen LogP contribution in [0, 0.1) is 0 Å². The number of nitrogens with zero attached hydrogens (tertiary/aromatic N) is 3. The predicted octanol–water partition coefficient (Wildman–Crippen LogP) is 2.41. The van der Waals surface area contributed by atoms with Crippen LogP contribution in [0.3, 0.4) is 0 Å². The molecule has 36 heavy (non-hydrogen) atoms. The summed E-state index contributed by atoms with van der Waals surface area (Å²) < 4.78 is 6.89. The van der Waals surface area contributed by atoms with E-state index < -0.39 is 5.54 Å². The number of amides is 3. The van der Waals surface area contributed by atoms with Crippen molar-refractivity contribution in [1.82, 2.24) is 25.3 Å². The summed E-state index contributed by atoms with van der Waals surface area (Å²) in [7, 11) is 1.59. The Morgan fingerprint density at radius 1 is 1.06 bits per heavy atom. The molecule has 1 aromatic heterocycles. The molecular formula is C27H31N5O4. The molecule has 1 aliphatic heterocycles. The van der Waals surface area contributed by atoms with Crippen molar-refractivity contribution in [2.75, 3.05) is 20.2 Å². The second-order valence-corrected chi connectivity index (χ2v) is 8.96. The minimum Gasteiger partial charge on any atom is -0.494 e. The quantitative estimate of drug-likeness (QED) is 0.480. The summed E-state index contributed by atoms with van der Waals surface area (Å²) in [6.07, 6.45) is 0.646. The summed E-state index contributed by atoms with van der Waals surface area (Å²) in [5.41, 5.74) is 1.31. The van der Waals surface area contributed by atoms with E-state index in [-0.39, 0.29) is 35.7 Å². The maximum atomic E-state index is 13.1. The van der Waals surface area contributed by atoms with Gasteiger partial charge in [-0.25, -0.2) is 0 Å². The van der Waals surface area contributed by atoms with Crippen molar-refractivity contribution in [3.63, 3.8) is 0 Å². The second-order valence-electron chi connectivity index (χ2n) is 8.96. The van der Waals surface area contributed by atoms with Crippen molar-refractivity contribution in [3.05, 3.63) is 83.2 Å². The molecule has 0 bridgehead atoms. The van der Waals surface area contributed by atoms with Gasteiger partial charge < -0.3 is 20.3 Å². The number of ether oxygens (including phenoxy) is 1. The number of aromatic nitrogens is 2. The molecule has 188 valence electrons. The van der Waals surface area contributed by atoms with E-state index in [2.05, 4.69) is 15.7 Å². The molecule has 0 unspecified atom stereocenters. The van der Waals surface area contributed by atoms with Crippen LogP contribution in [0.5, 0.6) is 5.75 Å². The van der Waals surface area contributed by atoms with Crippen molar-refractivity contribution in [1.29, 1.82) is 0 Å². The zero-order valence-electron chi connectivity index (χ0n) is 20.8. The number of rotatable bonds is 9. The monoisotopic (exact) mass is 489 g/mol. The molecule has 3 amide bonds. The van der Waals surface area contributed by atoms with E-state index in [4.69, 9.17) is 4.74 Å². The number of likely N-dealkylation sites (N-methyl/N-ethyl adjacent to an activating group) is 1. The second kappa shape index (κ2) is 10.6. The minimum absolute atomic E-state index is 0.144. The van der Waals surface area contributed by atoms with Gasteiger partial charge in [0, 0.05) is 26.2 Å². The first-order chi connectivity index (χ1) is 17.3. The van der Waals surface area contributed by atoms with Crippen molar-refractivity contribution in [2.45, 2.75) is 38.9 Å². The lowest BCUT2D eigenvalue weighted by atomic mass is 9.96. The van der Waals surface area contributed by atoms with Gasteiger partial charge in [-0.3, -0.25) is 19.1 Å². The summed E-state index contributed by atoms with van der Waals surface area (Å²) in [4.78, 5) is 40.3.